The molecule has 1 saturated heterocycles. The summed E-state index contributed by atoms with van der Waals surface area (Å²) in [4.78, 5) is 13.7. The molecule has 1 aromatic carbocycles. The molecule has 1 aromatic rings. The lowest BCUT2D eigenvalue weighted by atomic mass is 10.2. The van der Waals surface area contributed by atoms with Crippen LogP contribution in [-0.4, -0.2) is 41.7 Å². The second-order valence-electron chi connectivity index (χ2n) is 4.67. The van der Waals surface area contributed by atoms with Crippen molar-refractivity contribution >= 4 is 5.91 Å². The second-order valence-corrected chi connectivity index (χ2v) is 4.67. The molecule has 2 rings (SSSR count). The Bertz CT molecular complexity index is 436. The molecule has 0 bridgehead atoms. The minimum absolute atomic E-state index is 0.00644. The topological polar surface area (TPSA) is 75.8 Å². The Morgan fingerprint density at radius 3 is 3.00 bits per heavy atom. The Morgan fingerprint density at radius 1 is 1.47 bits per heavy atom. The number of rotatable bonds is 5. The number of carbonyl (C=O) groups excluding carboxylic acids is 1. The number of hydrogen-bond acceptors (Lipinski definition) is 4. The van der Waals surface area contributed by atoms with Crippen molar-refractivity contribution in [1.29, 1.82) is 0 Å². The predicted molar refractivity (Wildman–Crippen MR) is 71.6 cm³/mol. The smallest absolute Gasteiger partial charge is 0.260 e. The summed E-state index contributed by atoms with van der Waals surface area (Å²) in [5, 5.41) is 9.20. The molecule has 104 valence electrons. The van der Waals surface area contributed by atoms with E-state index in [9.17, 15) is 9.90 Å². The number of aliphatic hydroxyl groups is 1. The zero-order valence-corrected chi connectivity index (χ0v) is 10.9. The molecule has 0 radical (unpaired) electrons. The van der Waals surface area contributed by atoms with Crippen molar-refractivity contribution in [2.75, 3.05) is 19.8 Å². The van der Waals surface area contributed by atoms with Crippen molar-refractivity contribution in [2.45, 2.75) is 25.4 Å². The van der Waals surface area contributed by atoms with E-state index in [0.29, 0.717) is 18.8 Å². The van der Waals surface area contributed by atoms with Gasteiger partial charge in [-0.1, -0.05) is 18.2 Å². The summed E-state index contributed by atoms with van der Waals surface area (Å²) >= 11 is 0. The Labute approximate surface area is 113 Å². The fraction of sp³-hybridized carbons (Fsp3) is 0.500. The van der Waals surface area contributed by atoms with Crippen molar-refractivity contribution in [2.24, 2.45) is 5.73 Å². The molecule has 0 aliphatic carbocycles. The number of hydrogen-bond donors (Lipinski definition) is 2. The van der Waals surface area contributed by atoms with Crippen molar-refractivity contribution < 1.29 is 14.6 Å². The predicted octanol–water partition coefficient (Wildman–Crippen LogP) is 0.507. The van der Waals surface area contributed by atoms with Gasteiger partial charge in [-0.25, -0.2) is 0 Å². The number of likely N-dealkylation sites (tertiary alicyclic amines) is 1. The number of nitrogens with zero attached hydrogens (tertiary/aromatic N) is 1. The van der Waals surface area contributed by atoms with Crippen LogP contribution in [0.1, 0.15) is 18.4 Å². The molecule has 0 spiro atoms. The third kappa shape index (κ3) is 3.24. The summed E-state index contributed by atoms with van der Waals surface area (Å²) in [5.74, 6) is 0.571. The maximum Gasteiger partial charge on any atom is 0.260 e. The summed E-state index contributed by atoms with van der Waals surface area (Å²) in [5.41, 5.74) is 6.50. The molecule has 1 aliphatic heterocycles. The van der Waals surface area contributed by atoms with E-state index < -0.39 is 0 Å². The fourth-order valence-corrected chi connectivity index (χ4v) is 2.39. The SMILES string of the molecule is NCc1ccccc1OCC(=O)N1CCC[C@H]1CO. The first-order valence-electron chi connectivity index (χ1n) is 6.57. The largest absolute Gasteiger partial charge is 0.483 e. The minimum atomic E-state index is -0.0802. The number of ether oxygens (including phenoxy) is 1. The summed E-state index contributed by atoms with van der Waals surface area (Å²) < 4.78 is 5.54. The number of para-hydroxylation sites is 1. The van der Waals surface area contributed by atoms with Gasteiger partial charge in [-0.05, 0) is 18.9 Å². The first kappa shape index (κ1) is 13.8. The molecule has 0 unspecified atom stereocenters. The van der Waals surface area contributed by atoms with Crippen LogP contribution in [0.5, 0.6) is 5.75 Å². The van der Waals surface area contributed by atoms with Crippen molar-refractivity contribution in [3.05, 3.63) is 29.8 Å². The van der Waals surface area contributed by atoms with Gasteiger partial charge in [0.2, 0.25) is 0 Å². The summed E-state index contributed by atoms with van der Waals surface area (Å²) in [6, 6.07) is 7.38. The summed E-state index contributed by atoms with van der Waals surface area (Å²) in [7, 11) is 0. The van der Waals surface area contributed by atoms with Gasteiger partial charge in [-0.15, -0.1) is 0 Å². The highest BCUT2D eigenvalue weighted by Crippen LogP contribution is 2.19. The molecule has 1 atom stereocenters. The first-order valence-corrected chi connectivity index (χ1v) is 6.57. The lowest BCUT2D eigenvalue weighted by Gasteiger charge is -2.23. The average molecular weight is 264 g/mol. The van der Waals surface area contributed by atoms with E-state index in [1.165, 1.54) is 0 Å². The minimum Gasteiger partial charge on any atom is -0.483 e. The molecule has 3 N–H and O–H groups in total. The van der Waals surface area contributed by atoms with E-state index in [4.69, 9.17) is 10.5 Å². The quantitative estimate of drug-likeness (QED) is 0.812. The van der Waals surface area contributed by atoms with Gasteiger partial charge in [-0.2, -0.15) is 0 Å². The molecule has 5 nitrogen and oxygen atoms in total. The molecule has 1 amide bonds. The Morgan fingerprint density at radius 2 is 2.26 bits per heavy atom. The maximum absolute atomic E-state index is 12.0. The van der Waals surface area contributed by atoms with Crippen molar-refractivity contribution in [1.82, 2.24) is 4.90 Å². The third-order valence-corrected chi connectivity index (χ3v) is 3.45. The number of aliphatic hydroxyl groups excluding tert-OH is 1. The molecule has 0 aromatic heterocycles. The maximum atomic E-state index is 12.0. The average Bonchev–Trinajstić information content (AvgIpc) is 2.93. The van der Waals surface area contributed by atoms with Crippen LogP contribution >= 0.6 is 0 Å². The van der Waals surface area contributed by atoms with Gasteiger partial charge in [0.1, 0.15) is 5.75 Å². The van der Waals surface area contributed by atoms with Crippen LogP contribution < -0.4 is 10.5 Å². The van der Waals surface area contributed by atoms with E-state index in [-0.39, 0.29) is 25.2 Å². The number of benzene rings is 1. The molecule has 5 heteroatoms. The fourth-order valence-electron chi connectivity index (χ4n) is 2.39. The number of nitrogens with two attached hydrogens (primary N) is 1. The third-order valence-electron chi connectivity index (χ3n) is 3.45. The van der Waals surface area contributed by atoms with Crippen molar-refractivity contribution in [3.63, 3.8) is 0 Å². The number of amides is 1. The molecule has 19 heavy (non-hydrogen) atoms. The first-order chi connectivity index (χ1) is 9.26. The van der Waals surface area contributed by atoms with Crippen molar-refractivity contribution in [3.8, 4) is 5.75 Å². The van der Waals surface area contributed by atoms with Crippen LogP contribution in [0.15, 0.2) is 24.3 Å². The summed E-state index contributed by atoms with van der Waals surface area (Å²) in [6.45, 7) is 1.10. The second kappa shape index (κ2) is 6.54. The normalized spacial score (nSPS) is 18.6. The zero-order chi connectivity index (χ0) is 13.7. The lowest BCUT2D eigenvalue weighted by molar-refractivity contribution is -0.134. The highest BCUT2D eigenvalue weighted by atomic mass is 16.5. The zero-order valence-electron chi connectivity index (χ0n) is 10.9. The molecular weight excluding hydrogens is 244 g/mol. The van der Waals surface area contributed by atoms with Gasteiger partial charge < -0.3 is 20.5 Å². The molecule has 1 heterocycles. The molecule has 1 fully saturated rings. The summed E-state index contributed by atoms with van der Waals surface area (Å²) in [6.07, 6.45) is 1.80. The van der Waals surface area contributed by atoms with Gasteiger partial charge in [-0.3, -0.25) is 4.79 Å². The Balaban J connectivity index is 1.93. The van der Waals surface area contributed by atoms with Crippen LogP contribution in [-0.2, 0) is 11.3 Å². The van der Waals surface area contributed by atoms with Gasteiger partial charge in [0.25, 0.3) is 5.91 Å². The highest BCUT2D eigenvalue weighted by Gasteiger charge is 2.28. The van der Waals surface area contributed by atoms with Gasteiger partial charge in [0.15, 0.2) is 6.61 Å². The molecule has 1 aliphatic rings. The van der Waals surface area contributed by atoms with E-state index in [0.717, 1.165) is 18.4 Å². The Hall–Kier alpha value is -1.59. The van der Waals surface area contributed by atoms with Gasteiger partial charge in [0.05, 0.1) is 12.6 Å². The number of carbonyl (C=O) groups is 1. The Kier molecular flexibility index (Phi) is 4.76. The van der Waals surface area contributed by atoms with E-state index in [1.54, 1.807) is 4.90 Å². The standard InChI is InChI=1S/C14H20N2O3/c15-8-11-4-1-2-6-13(11)19-10-14(18)16-7-3-5-12(16)9-17/h1-2,4,6,12,17H,3,5,7-10,15H2/t12-/m0/s1. The van der Waals surface area contributed by atoms with Crippen LogP contribution in [0, 0.1) is 0 Å². The van der Waals surface area contributed by atoms with Gasteiger partial charge in [0, 0.05) is 18.7 Å². The van der Waals surface area contributed by atoms with E-state index in [1.807, 2.05) is 24.3 Å². The van der Waals surface area contributed by atoms with Crippen LogP contribution in [0.4, 0.5) is 0 Å². The van der Waals surface area contributed by atoms with E-state index in [2.05, 4.69) is 0 Å². The van der Waals surface area contributed by atoms with Crippen LogP contribution in [0.25, 0.3) is 0 Å². The van der Waals surface area contributed by atoms with E-state index >= 15 is 0 Å². The van der Waals surface area contributed by atoms with Crippen LogP contribution in [0.2, 0.25) is 0 Å². The monoisotopic (exact) mass is 264 g/mol. The van der Waals surface area contributed by atoms with Crippen LogP contribution in [0.3, 0.4) is 0 Å². The molecule has 0 saturated carbocycles. The molecular formula is C14H20N2O3. The lowest BCUT2D eigenvalue weighted by Crippen LogP contribution is -2.40. The van der Waals surface area contributed by atoms with Gasteiger partial charge >= 0.3 is 0 Å². The highest BCUT2D eigenvalue weighted by molar-refractivity contribution is 5.78.